The molecule has 23 nitrogen and oxygen atoms in total. The van der Waals surface area contributed by atoms with E-state index in [0.29, 0.717) is 78.5 Å². The lowest BCUT2D eigenvalue weighted by Crippen LogP contribution is -2.50. The summed E-state index contributed by atoms with van der Waals surface area (Å²) in [4.78, 5) is 87.0. The number of ether oxygens (including phenoxy) is 1. The van der Waals surface area contributed by atoms with E-state index in [1.165, 1.54) is 49.9 Å². The number of aryl methyl sites for hydroxylation is 4. The van der Waals surface area contributed by atoms with Gasteiger partial charge in [0.25, 0.3) is 0 Å². The maximum atomic E-state index is 15.2. The van der Waals surface area contributed by atoms with Gasteiger partial charge in [-0.3, -0.25) is 57.4 Å². The fourth-order valence-corrected chi connectivity index (χ4v) is 23.5. The number of hydrogen-bond donors (Lipinski definition) is 0. The van der Waals surface area contributed by atoms with Crippen LogP contribution in [0.1, 0.15) is 128 Å². The van der Waals surface area contributed by atoms with Crippen molar-refractivity contribution in [1.82, 2.24) is 63.6 Å². The van der Waals surface area contributed by atoms with E-state index in [1.54, 1.807) is 95.7 Å². The number of para-hydroxylation sites is 4. The summed E-state index contributed by atoms with van der Waals surface area (Å²) in [7, 11) is 9.44. The van der Waals surface area contributed by atoms with Gasteiger partial charge in [0.2, 0.25) is 29.5 Å². The van der Waals surface area contributed by atoms with Crippen molar-refractivity contribution in [2.45, 2.75) is 149 Å². The van der Waals surface area contributed by atoms with Crippen LogP contribution in [0.5, 0.6) is 0 Å². The Morgan fingerprint density at radius 1 is 0.348 bits per heavy atom. The molecule has 6 saturated heterocycles. The first-order chi connectivity index (χ1) is 65.4. The minimum absolute atomic E-state index is 0.0339. The number of carbonyl (C=O) groups is 5. The molecule has 5 amide bonds. The van der Waals surface area contributed by atoms with Crippen molar-refractivity contribution in [1.29, 1.82) is 0 Å². The monoisotopic (exact) mass is 1830 g/mol. The first-order valence-corrected chi connectivity index (χ1v) is 47.6. The predicted octanol–water partition coefficient (Wildman–Crippen LogP) is 15.8. The van der Waals surface area contributed by atoms with Crippen LogP contribution in [-0.4, -0.2) is 197 Å². The maximum Gasteiger partial charge on any atom is 0.239 e. The molecule has 12 aliphatic rings. The molecule has 28 heteroatoms. The fourth-order valence-electron chi connectivity index (χ4n) is 23.5. The number of aromatic nitrogens is 8. The van der Waals surface area contributed by atoms with Crippen molar-refractivity contribution >= 4 is 52.3 Å². The van der Waals surface area contributed by atoms with Crippen LogP contribution in [0.2, 0.25) is 0 Å². The number of halogens is 5. The van der Waals surface area contributed by atoms with Crippen molar-refractivity contribution in [3.05, 3.63) is 287 Å². The van der Waals surface area contributed by atoms with E-state index in [0.717, 1.165) is 182 Å². The molecule has 12 aromatic rings. The average Bonchev–Trinajstić information content (AvgIpc) is 1.57. The number of piperidine rings is 1. The largest absolute Gasteiger partial charge is 0.378 e. The molecule has 696 valence electrons. The van der Waals surface area contributed by atoms with E-state index >= 15 is 22.0 Å². The SMILES string of the molecule is CN1CCC(N2CCC3(C2)C(=O)N(Cc2ccc(-c4cnn(C)c4)cc2F)c2ccccc23)CC1.Cn1cc(-c2cc(F)c(CN3C(=O)C4(CCN(C5CCCC5)C4)c4ccccc43)c(F)c2)cn1.Cn1cc(-c2ccc(CN3C(=O)C4(CCN(C(=O)C5CCC5)C4)c4ccccc43)c(F)c2)cn1.Cn1cc(-c2ccc(CN3C(=O)C4(CCN(C5COC5)C4)c4ccccc43)c(F)c2)cn1. The third-order valence-electron chi connectivity index (χ3n) is 31.3. The van der Waals surface area contributed by atoms with Gasteiger partial charge < -0.3 is 34.1 Å². The Balaban J connectivity index is 0.000000108. The third-order valence-corrected chi connectivity index (χ3v) is 31.3. The smallest absolute Gasteiger partial charge is 0.239 e. The molecule has 0 radical (unpaired) electrons. The van der Waals surface area contributed by atoms with Gasteiger partial charge in [0, 0.05) is 178 Å². The molecule has 0 N–H and O–H groups in total. The van der Waals surface area contributed by atoms with Crippen LogP contribution < -0.4 is 19.6 Å². The highest BCUT2D eigenvalue weighted by Gasteiger charge is 2.60. The number of fused-ring (bicyclic) bond motifs is 8. The van der Waals surface area contributed by atoms with E-state index in [4.69, 9.17) is 4.74 Å². The summed E-state index contributed by atoms with van der Waals surface area (Å²) in [6.45, 7) is 10.1. The Bertz CT molecular complexity index is 6560. The molecule has 4 aromatic heterocycles. The van der Waals surface area contributed by atoms with E-state index in [-0.39, 0.29) is 84.6 Å². The molecule has 4 spiro atoms. The van der Waals surface area contributed by atoms with Crippen LogP contribution in [0, 0.1) is 35.0 Å². The van der Waals surface area contributed by atoms with Gasteiger partial charge in [-0.2, -0.15) is 20.4 Å². The lowest BCUT2D eigenvalue weighted by Gasteiger charge is -2.35. The molecule has 4 atom stereocenters. The molecule has 0 bridgehead atoms. The van der Waals surface area contributed by atoms with Crippen molar-refractivity contribution in [3.63, 3.8) is 0 Å². The molecular weight excluding hydrogens is 1710 g/mol. The highest BCUT2D eigenvalue weighted by Crippen LogP contribution is 2.54. The number of likely N-dealkylation sites (tertiary alicyclic amines) is 5. The van der Waals surface area contributed by atoms with Crippen molar-refractivity contribution < 1.29 is 50.7 Å². The zero-order valence-corrected chi connectivity index (χ0v) is 77.0. The number of amides is 5. The number of benzene rings is 8. The lowest BCUT2D eigenvalue weighted by molar-refractivity contribution is -0.137. The summed E-state index contributed by atoms with van der Waals surface area (Å²) < 4.78 is 87.9. The van der Waals surface area contributed by atoms with Gasteiger partial charge in [-0.25, -0.2) is 22.0 Å². The van der Waals surface area contributed by atoms with Crippen LogP contribution in [0.25, 0.3) is 44.5 Å². The van der Waals surface area contributed by atoms with Gasteiger partial charge in [0.15, 0.2) is 0 Å². The molecule has 8 fully saturated rings. The van der Waals surface area contributed by atoms with Crippen molar-refractivity contribution in [2.24, 2.45) is 34.1 Å². The first kappa shape index (κ1) is 89.0. The van der Waals surface area contributed by atoms with E-state index in [9.17, 15) is 24.0 Å². The van der Waals surface area contributed by atoms with Crippen molar-refractivity contribution in [2.75, 3.05) is 105 Å². The quantitative estimate of drug-likeness (QED) is 0.0829. The van der Waals surface area contributed by atoms with Gasteiger partial charge in [0.1, 0.15) is 29.1 Å². The van der Waals surface area contributed by atoms with Crippen LogP contribution >= 0.6 is 0 Å². The zero-order chi connectivity index (χ0) is 92.9. The number of anilines is 4. The summed E-state index contributed by atoms with van der Waals surface area (Å²) in [6.07, 6.45) is 27.2. The molecule has 14 heterocycles. The number of rotatable bonds is 16. The number of hydrogen-bond acceptors (Lipinski definition) is 14. The third kappa shape index (κ3) is 16.1. The maximum absolute atomic E-state index is 15.2. The standard InChI is InChI=1S/C28H32FN5O.C27H28F2N4O.C27H27FN4O2.C25H25FN4O2/c1-31-12-9-23(10-13-31)33-14-11-28(19-33)24-5-3-4-6-26(24)34(27(28)35)18-21-8-7-20(15-25(21)29)22-16-30-32(2)17-22;1-31-15-19(14-30-31)18-12-23(28)21(24(29)13-18)16-33-25-9-5-4-8-22(25)27(26(33)34)10-11-32(17-27)20-6-2-3-7-20;1-30-15-21(14-29-30)19-9-10-20(23(28)13-19)16-32-24-8-3-2-7-22(24)27(26(32)34)11-12-31(17-27)25(33)18-5-4-6-18;1-28-12-19(11-27-28)17-6-7-18(22(26)10-17)13-30-23-5-3-2-4-21(23)25(24(30)31)8-9-29(16-25)20-14-32-15-20/h3-8,15-17,23H,9-14,18-19H2,1-2H3;4-5,8-9,12-15,20H,2-3,6-7,10-11,16-17H2,1H3;2-3,7-10,13-15,18H,4-6,11-12,16-17H2,1H3;2-7,10-12,20H,8-9,13-16H2,1H3. The minimum atomic E-state index is -0.734. The summed E-state index contributed by atoms with van der Waals surface area (Å²) in [5.41, 5.74) is 12.5. The second-order valence-corrected chi connectivity index (χ2v) is 39.4. The van der Waals surface area contributed by atoms with Gasteiger partial charge in [0.05, 0.1) is 91.9 Å². The van der Waals surface area contributed by atoms with Gasteiger partial charge in [-0.1, -0.05) is 128 Å². The van der Waals surface area contributed by atoms with Crippen LogP contribution in [0.3, 0.4) is 0 Å². The zero-order valence-electron chi connectivity index (χ0n) is 77.0. The van der Waals surface area contributed by atoms with Gasteiger partial charge >= 0.3 is 0 Å². The Kier molecular flexibility index (Phi) is 23.7. The predicted molar refractivity (Wildman–Crippen MR) is 506 cm³/mol. The summed E-state index contributed by atoms with van der Waals surface area (Å²) in [5, 5.41) is 16.6. The Morgan fingerprint density at radius 3 is 1.01 bits per heavy atom. The normalized spacial score (nSPS) is 22.9. The van der Waals surface area contributed by atoms with Crippen LogP contribution in [-0.2, 0) is 105 Å². The average molecular weight is 1830 g/mol. The van der Waals surface area contributed by atoms with E-state index in [2.05, 4.69) is 59.2 Å². The highest BCUT2D eigenvalue weighted by atomic mass is 19.1. The van der Waals surface area contributed by atoms with E-state index in [1.807, 2.05) is 153 Å². The van der Waals surface area contributed by atoms with Gasteiger partial charge in [-0.15, -0.1) is 0 Å². The summed E-state index contributed by atoms with van der Waals surface area (Å²) >= 11 is 0. The molecule has 4 unspecified atom stereocenters. The summed E-state index contributed by atoms with van der Waals surface area (Å²) in [5.74, 6) is -1.82. The Morgan fingerprint density at radius 2 is 0.674 bits per heavy atom. The fraction of sp³-hybridized carbons (Fsp3) is 0.393. The molecule has 24 rings (SSSR count). The number of carbonyl (C=O) groups excluding carboxylic acids is 5. The minimum Gasteiger partial charge on any atom is -0.378 e. The van der Waals surface area contributed by atoms with Crippen molar-refractivity contribution in [3.8, 4) is 44.5 Å². The van der Waals surface area contributed by atoms with Gasteiger partial charge in [-0.05, 0) is 197 Å². The molecule has 135 heavy (non-hydrogen) atoms. The molecule has 8 aromatic carbocycles. The number of nitrogens with zero attached hydrogens (tertiary/aromatic N) is 17. The highest BCUT2D eigenvalue weighted by molar-refractivity contribution is 6.11. The molecule has 2 aliphatic carbocycles. The topological polar surface area (TPSA) is 195 Å². The van der Waals surface area contributed by atoms with Crippen LogP contribution in [0.15, 0.2) is 213 Å². The Hall–Kier alpha value is -12.6. The Labute approximate surface area is 782 Å². The summed E-state index contributed by atoms with van der Waals surface area (Å²) in [6, 6.07) is 51.4. The second-order valence-electron chi connectivity index (χ2n) is 39.4. The molecule has 2 saturated carbocycles. The lowest BCUT2D eigenvalue weighted by atomic mass is 9.80. The van der Waals surface area contributed by atoms with Crippen LogP contribution in [0.4, 0.5) is 44.7 Å². The second kappa shape index (κ2) is 35.9. The first-order valence-electron chi connectivity index (χ1n) is 47.6. The molecule has 10 aliphatic heterocycles. The molecular formula is C107H112F5N17O6. The van der Waals surface area contributed by atoms with E-state index < -0.39 is 33.3 Å².